The quantitative estimate of drug-likeness (QED) is 0.671. The Morgan fingerprint density at radius 3 is 2.75 bits per heavy atom. The summed E-state index contributed by atoms with van der Waals surface area (Å²) in [7, 11) is 0. The van der Waals surface area contributed by atoms with Crippen LogP contribution in [0.15, 0.2) is 57.8 Å². The van der Waals surface area contributed by atoms with Crippen LogP contribution in [0, 0.1) is 0 Å². The van der Waals surface area contributed by atoms with E-state index < -0.39 is 0 Å². The first-order valence-corrected chi connectivity index (χ1v) is 5.70. The molecule has 1 aromatic carbocycles. The van der Waals surface area contributed by atoms with Gasteiger partial charge in [-0.2, -0.15) is 10.2 Å². The van der Waals surface area contributed by atoms with Gasteiger partial charge in [0.15, 0.2) is 0 Å². The van der Waals surface area contributed by atoms with E-state index in [9.17, 15) is 0 Å². The Kier molecular flexibility index (Phi) is 3.75. The summed E-state index contributed by atoms with van der Waals surface area (Å²) in [5, 5.41) is 9.60. The van der Waals surface area contributed by atoms with Crippen molar-refractivity contribution in [3.63, 3.8) is 0 Å². The van der Waals surface area contributed by atoms with Crippen LogP contribution >= 0.6 is 23.2 Å². The SMILES string of the molecule is ClC1=CC=CCC1N=Nc1ccccc1Cl. The maximum Gasteiger partial charge on any atom is 0.110 e. The van der Waals surface area contributed by atoms with E-state index in [1.54, 1.807) is 6.07 Å². The molecule has 0 heterocycles. The Labute approximate surface area is 104 Å². The molecule has 1 aliphatic rings. The third-order valence-corrected chi connectivity index (χ3v) is 2.92. The third kappa shape index (κ3) is 2.71. The smallest absolute Gasteiger partial charge is 0.110 e. The zero-order valence-corrected chi connectivity index (χ0v) is 9.99. The first-order valence-electron chi connectivity index (χ1n) is 4.95. The summed E-state index contributed by atoms with van der Waals surface area (Å²) in [6.07, 6.45) is 6.55. The van der Waals surface area contributed by atoms with E-state index in [1.807, 2.05) is 36.4 Å². The molecule has 0 aromatic heterocycles. The lowest BCUT2D eigenvalue weighted by molar-refractivity contribution is 0.763. The Balaban J connectivity index is 2.13. The van der Waals surface area contributed by atoms with Crippen molar-refractivity contribution in [3.05, 3.63) is 52.5 Å². The van der Waals surface area contributed by atoms with Crippen molar-refractivity contribution < 1.29 is 0 Å². The minimum atomic E-state index is -0.0806. The van der Waals surface area contributed by atoms with E-state index >= 15 is 0 Å². The number of hydrogen-bond acceptors (Lipinski definition) is 2. The van der Waals surface area contributed by atoms with Crippen LogP contribution in [0.3, 0.4) is 0 Å². The average molecular weight is 253 g/mol. The Morgan fingerprint density at radius 1 is 1.19 bits per heavy atom. The summed E-state index contributed by atoms with van der Waals surface area (Å²) in [6.45, 7) is 0. The maximum atomic E-state index is 6.01. The molecule has 0 amide bonds. The number of nitrogens with zero attached hydrogens (tertiary/aromatic N) is 2. The molecule has 4 heteroatoms. The number of benzene rings is 1. The summed E-state index contributed by atoms with van der Waals surface area (Å²) in [4.78, 5) is 0. The van der Waals surface area contributed by atoms with Gasteiger partial charge in [-0.25, -0.2) is 0 Å². The molecule has 0 aliphatic heterocycles. The molecule has 0 saturated heterocycles. The van der Waals surface area contributed by atoms with Crippen LogP contribution in [-0.2, 0) is 0 Å². The number of allylic oxidation sites excluding steroid dienone is 2. The topological polar surface area (TPSA) is 24.7 Å². The van der Waals surface area contributed by atoms with E-state index in [0.717, 1.165) is 6.42 Å². The first kappa shape index (κ1) is 11.4. The van der Waals surface area contributed by atoms with Gasteiger partial charge in [0.2, 0.25) is 0 Å². The molecule has 1 aliphatic carbocycles. The predicted octanol–water partition coefficient (Wildman–Crippen LogP) is 4.87. The molecule has 16 heavy (non-hydrogen) atoms. The molecule has 0 bridgehead atoms. The second kappa shape index (κ2) is 5.28. The zero-order chi connectivity index (χ0) is 11.4. The molecule has 1 unspecified atom stereocenters. The highest BCUT2D eigenvalue weighted by molar-refractivity contribution is 6.33. The van der Waals surface area contributed by atoms with E-state index in [1.165, 1.54) is 0 Å². The van der Waals surface area contributed by atoms with E-state index in [-0.39, 0.29) is 6.04 Å². The normalized spacial score (nSPS) is 20.1. The van der Waals surface area contributed by atoms with Gasteiger partial charge in [-0.1, -0.05) is 47.5 Å². The highest BCUT2D eigenvalue weighted by atomic mass is 35.5. The van der Waals surface area contributed by atoms with Crippen LogP contribution in [0.5, 0.6) is 0 Å². The van der Waals surface area contributed by atoms with Crippen LogP contribution < -0.4 is 0 Å². The molecule has 2 nitrogen and oxygen atoms in total. The van der Waals surface area contributed by atoms with Crippen LogP contribution in [0.1, 0.15) is 6.42 Å². The standard InChI is InChI=1S/C12H10Cl2N2/c13-9-5-1-3-7-11(9)15-16-12-8-4-2-6-10(12)14/h1-7,12H,8H2. The second-order valence-corrected chi connectivity index (χ2v) is 4.24. The van der Waals surface area contributed by atoms with Gasteiger partial charge in [0.05, 0.1) is 5.02 Å². The largest absolute Gasteiger partial charge is 0.179 e. The fourth-order valence-electron chi connectivity index (χ4n) is 1.36. The summed E-state index contributed by atoms with van der Waals surface area (Å²) in [5.41, 5.74) is 0.670. The minimum absolute atomic E-state index is 0.0806. The number of azo groups is 1. The molecular weight excluding hydrogens is 243 g/mol. The van der Waals surface area contributed by atoms with Gasteiger partial charge in [-0.15, -0.1) is 0 Å². The van der Waals surface area contributed by atoms with Crippen LogP contribution in [-0.4, -0.2) is 6.04 Å². The van der Waals surface area contributed by atoms with Gasteiger partial charge >= 0.3 is 0 Å². The van der Waals surface area contributed by atoms with Crippen molar-refractivity contribution in [1.29, 1.82) is 0 Å². The van der Waals surface area contributed by atoms with Crippen molar-refractivity contribution in [1.82, 2.24) is 0 Å². The van der Waals surface area contributed by atoms with Crippen molar-refractivity contribution in [2.45, 2.75) is 12.5 Å². The molecule has 1 aromatic rings. The number of halogens is 2. The van der Waals surface area contributed by atoms with Gasteiger partial charge in [0.1, 0.15) is 11.7 Å². The Morgan fingerprint density at radius 2 is 2.00 bits per heavy atom. The lowest BCUT2D eigenvalue weighted by atomic mass is 10.1. The predicted molar refractivity (Wildman–Crippen MR) is 67.4 cm³/mol. The van der Waals surface area contributed by atoms with Gasteiger partial charge in [-0.3, -0.25) is 0 Å². The summed E-state index contributed by atoms with van der Waals surface area (Å²) in [6, 6.07) is 7.26. The van der Waals surface area contributed by atoms with Gasteiger partial charge in [-0.05, 0) is 24.6 Å². The Bertz CT molecular complexity index is 464. The van der Waals surface area contributed by atoms with E-state index in [0.29, 0.717) is 15.7 Å². The van der Waals surface area contributed by atoms with Crippen molar-refractivity contribution in [3.8, 4) is 0 Å². The van der Waals surface area contributed by atoms with Crippen LogP contribution in [0.4, 0.5) is 5.69 Å². The lowest BCUT2D eigenvalue weighted by Gasteiger charge is -2.10. The van der Waals surface area contributed by atoms with Crippen molar-refractivity contribution in [2.75, 3.05) is 0 Å². The molecule has 82 valence electrons. The van der Waals surface area contributed by atoms with Gasteiger partial charge in [0.25, 0.3) is 0 Å². The fourth-order valence-corrected chi connectivity index (χ4v) is 1.74. The first-order chi connectivity index (χ1) is 7.77. The van der Waals surface area contributed by atoms with Gasteiger partial charge in [0, 0.05) is 5.03 Å². The summed E-state index contributed by atoms with van der Waals surface area (Å²) >= 11 is 12.0. The molecule has 0 saturated carbocycles. The van der Waals surface area contributed by atoms with Gasteiger partial charge < -0.3 is 0 Å². The summed E-state index contributed by atoms with van der Waals surface area (Å²) < 4.78 is 0. The molecule has 1 atom stereocenters. The zero-order valence-electron chi connectivity index (χ0n) is 8.48. The molecule has 0 N–H and O–H groups in total. The second-order valence-electron chi connectivity index (χ2n) is 3.40. The molecule has 2 rings (SSSR count). The number of rotatable bonds is 2. The van der Waals surface area contributed by atoms with E-state index in [2.05, 4.69) is 10.2 Å². The third-order valence-electron chi connectivity index (χ3n) is 2.23. The van der Waals surface area contributed by atoms with E-state index in [4.69, 9.17) is 23.2 Å². The molecule has 0 fully saturated rings. The highest BCUT2D eigenvalue weighted by Gasteiger charge is 2.11. The average Bonchev–Trinajstić information content (AvgIpc) is 2.30. The molecular formula is C12H10Cl2N2. The fraction of sp³-hybridized carbons (Fsp3) is 0.167. The number of hydrogen-bond donors (Lipinski definition) is 0. The van der Waals surface area contributed by atoms with Crippen LogP contribution in [0.2, 0.25) is 5.02 Å². The van der Waals surface area contributed by atoms with Crippen molar-refractivity contribution in [2.24, 2.45) is 10.2 Å². The minimum Gasteiger partial charge on any atom is -0.179 e. The molecule has 0 radical (unpaired) electrons. The van der Waals surface area contributed by atoms with Crippen LogP contribution in [0.25, 0.3) is 0 Å². The Hall–Kier alpha value is -1.12. The highest BCUT2D eigenvalue weighted by Crippen LogP contribution is 2.26. The monoisotopic (exact) mass is 252 g/mol. The molecule has 0 spiro atoms. The maximum absolute atomic E-state index is 6.01. The lowest BCUT2D eigenvalue weighted by Crippen LogP contribution is -2.04. The van der Waals surface area contributed by atoms with Crippen molar-refractivity contribution >= 4 is 28.9 Å². The summed E-state index contributed by atoms with van der Waals surface area (Å²) in [5.74, 6) is 0.